The van der Waals surface area contributed by atoms with Crippen LogP contribution in [-0.4, -0.2) is 17.3 Å². The summed E-state index contributed by atoms with van der Waals surface area (Å²) in [6.45, 7) is 0.389. The molecule has 0 spiro atoms. The number of nitro groups is 1. The third-order valence-electron chi connectivity index (χ3n) is 2.18. The van der Waals surface area contributed by atoms with Crippen molar-refractivity contribution in [2.24, 2.45) is 0 Å². The van der Waals surface area contributed by atoms with E-state index in [1.54, 1.807) is 0 Å². The van der Waals surface area contributed by atoms with Crippen molar-refractivity contribution in [1.29, 1.82) is 0 Å². The summed E-state index contributed by atoms with van der Waals surface area (Å²) in [6.07, 6.45) is 2.74. The van der Waals surface area contributed by atoms with Crippen LogP contribution in [0.2, 0.25) is 0 Å². The monoisotopic (exact) mass is 259 g/mol. The van der Waals surface area contributed by atoms with Crippen molar-refractivity contribution in [2.75, 3.05) is 12.4 Å². The molecule has 4 nitrogen and oxygen atoms in total. The number of ether oxygens (including phenoxy) is 1. The minimum absolute atomic E-state index is 0.113. The average molecular weight is 259 g/mol. The van der Waals surface area contributed by atoms with Crippen LogP contribution in [0.5, 0.6) is 5.75 Å². The SMILES string of the molecule is O=[N+]([O-])c1cc(F)ccc1OCCCCCS. The standard InChI is InChI=1S/C11H14FNO3S/c12-9-4-5-11(10(8-9)13(14)15)16-6-2-1-3-7-17/h4-5,8,17H,1-3,6-7H2. The van der Waals surface area contributed by atoms with Gasteiger partial charge in [0.15, 0.2) is 5.75 Å². The second-order valence-electron chi connectivity index (χ2n) is 3.50. The van der Waals surface area contributed by atoms with Crippen LogP contribution in [-0.2, 0) is 0 Å². The number of nitro benzene ring substituents is 1. The van der Waals surface area contributed by atoms with Crippen molar-refractivity contribution < 1.29 is 14.1 Å². The fourth-order valence-electron chi connectivity index (χ4n) is 1.33. The highest BCUT2D eigenvalue weighted by Crippen LogP contribution is 2.27. The molecule has 17 heavy (non-hydrogen) atoms. The van der Waals surface area contributed by atoms with Crippen LogP contribution in [0.1, 0.15) is 19.3 Å². The average Bonchev–Trinajstić information content (AvgIpc) is 2.30. The smallest absolute Gasteiger partial charge is 0.313 e. The fraction of sp³-hybridized carbons (Fsp3) is 0.455. The normalized spacial score (nSPS) is 10.2. The van der Waals surface area contributed by atoms with E-state index in [4.69, 9.17) is 4.74 Å². The predicted octanol–water partition coefficient (Wildman–Crippen LogP) is 3.21. The van der Waals surface area contributed by atoms with E-state index in [0.717, 1.165) is 37.1 Å². The van der Waals surface area contributed by atoms with Crippen LogP contribution in [0, 0.1) is 15.9 Å². The van der Waals surface area contributed by atoms with Gasteiger partial charge in [0.05, 0.1) is 17.6 Å². The Morgan fingerprint density at radius 1 is 1.35 bits per heavy atom. The number of hydrogen-bond acceptors (Lipinski definition) is 4. The van der Waals surface area contributed by atoms with Crippen LogP contribution in [0.25, 0.3) is 0 Å². The van der Waals surface area contributed by atoms with Gasteiger partial charge in [-0.25, -0.2) is 4.39 Å². The number of rotatable bonds is 7. The molecular weight excluding hydrogens is 245 g/mol. The molecular formula is C11H14FNO3S. The molecule has 0 aromatic heterocycles. The van der Waals surface area contributed by atoms with Gasteiger partial charge in [-0.2, -0.15) is 12.6 Å². The first-order valence-corrected chi connectivity index (χ1v) is 5.96. The first-order chi connectivity index (χ1) is 8.15. The first kappa shape index (κ1) is 13.8. The van der Waals surface area contributed by atoms with Crippen molar-refractivity contribution in [3.05, 3.63) is 34.1 Å². The summed E-state index contributed by atoms with van der Waals surface area (Å²) < 4.78 is 18.1. The Hall–Kier alpha value is -1.30. The lowest BCUT2D eigenvalue weighted by Crippen LogP contribution is -2.01. The van der Waals surface area contributed by atoms with Gasteiger partial charge < -0.3 is 4.74 Å². The molecule has 0 atom stereocenters. The van der Waals surface area contributed by atoms with E-state index in [9.17, 15) is 14.5 Å². The molecule has 0 fully saturated rings. The molecule has 94 valence electrons. The molecule has 0 aliphatic heterocycles. The maximum absolute atomic E-state index is 12.8. The van der Waals surface area contributed by atoms with E-state index in [1.807, 2.05) is 0 Å². The summed E-state index contributed by atoms with van der Waals surface area (Å²) in [7, 11) is 0. The van der Waals surface area contributed by atoms with Gasteiger partial charge in [-0.05, 0) is 37.1 Å². The minimum atomic E-state index is -0.647. The molecule has 0 bridgehead atoms. The van der Waals surface area contributed by atoms with Gasteiger partial charge in [0.2, 0.25) is 0 Å². The third-order valence-corrected chi connectivity index (χ3v) is 2.49. The van der Waals surface area contributed by atoms with E-state index in [1.165, 1.54) is 6.07 Å². The lowest BCUT2D eigenvalue weighted by atomic mass is 10.2. The highest BCUT2D eigenvalue weighted by Gasteiger charge is 2.15. The Morgan fingerprint density at radius 2 is 2.12 bits per heavy atom. The second-order valence-corrected chi connectivity index (χ2v) is 3.95. The van der Waals surface area contributed by atoms with Crippen molar-refractivity contribution in [1.82, 2.24) is 0 Å². The van der Waals surface area contributed by atoms with Crippen molar-refractivity contribution in [2.45, 2.75) is 19.3 Å². The molecule has 1 aromatic rings. The highest BCUT2D eigenvalue weighted by molar-refractivity contribution is 7.80. The van der Waals surface area contributed by atoms with Crippen LogP contribution < -0.4 is 4.74 Å². The third kappa shape index (κ3) is 4.60. The molecule has 0 unspecified atom stereocenters. The van der Waals surface area contributed by atoms with Crippen LogP contribution >= 0.6 is 12.6 Å². The maximum Gasteiger partial charge on any atom is 0.313 e. The zero-order valence-corrected chi connectivity index (χ0v) is 10.2. The Balaban J connectivity index is 2.55. The quantitative estimate of drug-likeness (QED) is 0.354. The number of halogens is 1. The Kier molecular flexibility index (Phi) is 5.76. The Bertz CT molecular complexity index is 387. The van der Waals surface area contributed by atoms with Gasteiger partial charge in [0.1, 0.15) is 5.82 Å². The highest BCUT2D eigenvalue weighted by atomic mass is 32.1. The van der Waals surface area contributed by atoms with Crippen LogP contribution in [0.4, 0.5) is 10.1 Å². The Morgan fingerprint density at radius 3 is 2.76 bits per heavy atom. The number of unbranched alkanes of at least 4 members (excludes halogenated alkanes) is 2. The minimum Gasteiger partial charge on any atom is -0.487 e. The van der Waals surface area contributed by atoms with Crippen molar-refractivity contribution >= 4 is 18.3 Å². The molecule has 0 N–H and O–H groups in total. The number of hydrogen-bond donors (Lipinski definition) is 1. The maximum atomic E-state index is 12.8. The zero-order chi connectivity index (χ0) is 12.7. The summed E-state index contributed by atoms with van der Waals surface area (Å²) >= 11 is 4.08. The van der Waals surface area contributed by atoms with Crippen molar-refractivity contribution in [3.8, 4) is 5.75 Å². The molecule has 0 saturated heterocycles. The summed E-state index contributed by atoms with van der Waals surface area (Å²) in [6, 6.07) is 3.30. The van der Waals surface area contributed by atoms with Gasteiger partial charge in [-0.1, -0.05) is 0 Å². The number of thiol groups is 1. The van der Waals surface area contributed by atoms with Gasteiger partial charge in [-0.15, -0.1) is 0 Å². The Labute approximate surface area is 104 Å². The lowest BCUT2D eigenvalue weighted by molar-refractivity contribution is -0.386. The zero-order valence-electron chi connectivity index (χ0n) is 9.26. The van der Waals surface area contributed by atoms with E-state index in [0.29, 0.717) is 6.61 Å². The predicted molar refractivity (Wildman–Crippen MR) is 66.3 cm³/mol. The summed E-state index contributed by atoms with van der Waals surface area (Å²) in [5, 5.41) is 10.7. The van der Waals surface area contributed by atoms with Gasteiger partial charge in [0.25, 0.3) is 0 Å². The molecule has 1 aromatic carbocycles. The van der Waals surface area contributed by atoms with Gasteiger partial charge in [-0.3, -0.25) is 10.1 Å². The van der Waals surface area contributed by atoms with E-state index in [-0.39, 0.29) is 11.4 Å². The summed E-state index contributed by atoms with van der Waals surface area (Å²) in [5.41, 5.74) is -0.334. The second kappa shape index (κ2) is 7.11. The number of nitrogens with zero attached hydrogens (tertiary/aromatic N) is 1. The van der Waals surface area contributed by atoms with Gasteiger partial charge >= 0.3 is 5.69 Å². The largest absolute Gasteiger partial charge is 0.487 e. The topological polar surface area (TPSA) is 52.4 Å². The van der Waals surface area contributed by atoms with Crippen LogP contribution in [0.15, 0.2) is 18.2 Å². The molecule has 0 heterocycles. The van der Waals surface area contributed by atoms with Crippen LogP contribution in [0.3, 0.4) is 0 Å². The molecule has 0 saturated carbocycles. The van der Waals surface area contributed by atoms with E-state index >= 15 is 0 Å². The molecule has 0 aliphatic rings. The number of benzene rings is 1. The molecule has 1 rings (SSSR count). The summed E-state index contributed by atoms with van der Waals surface area (Å²) in [4.78, 5) is 10.0. The fourth-order valence-corrected chi connectivity index (χ4v) is 1.55. The molecule has 6 heteroatoms. The first-order valence-electron chi connectivity index (χ1n) is 5.32. The lowest BCUT2D eigenvalue weighted by Gasteiger charge is -2.06. The van der Waals surface area contributed by atoms with E-state index < -0.39 is 10.7 Å². The molecule has 0 aliphatic carbocycles. The summed E-state index contributed by atoms with van der Waals surface area (Å²) in [5.74, 6) is 0.290. The molecule has 0 amide bonds. The van der Waals surface area contributed by atoms with Crippen molar-refractivity contribution in [3.63, 3.8) is 0 Å². The van der Waals surface area contributed by atoms with E-state index in [2.05, 4.69) is 12.6 Å². The molecule has 0 radical (unpaired) electrons. The van der Waals surface area contributed by atoms with Gasteiger partial charge in [0, 0.05) is 0 Å².